The summed E-state index contributed by atoms with van der Waals surface area (Å²) in [5, 5.41) is 11.5. The lowest BCUT2D eigenvalue weighted by Crippen LogP contribution is -2.22. The highest BCUT2D eigenvalue weighted by Crippen LogP contribution is 2.14. The third kappa shape index (κ3) is 3.72. The Hall–Kier alpha value is -2.86. The molecule has 3 aromatic rings. The van der Waals surface area contributed by atoms with Crippen molar-refractivity contribution in [3.8, 4) is 11.4 Å². The van der Waals surface area contributed by atoms with Gasteiger partial charge in [0.1, 0.15) is 11.4 Å². The summed E-state index contributed by atoms with van der Waals surface area (Å²) in [7, 11) is 1.62. The fourth-order valence-corrected chi connectivity index (χ4v) is 2.24. The number of halogens is 1. The maximum Gasteiger partial charge on any atom is 0.251 e. The molecule has 0 aliphatic heterocycles. The van der Waals surface area contributed by atoms with E-state index in [2.05, 4.69) is 15.6 Å². The minimum Gasteiger partial charge on any atom is -0.497 e. The van der Waals surface area contributed by atoms with E-state index in [-0.39, 0.29) is 12.5 Å². The van der Waals surface area contributed by atoms with Crippen LogP contribution in [0.15, 0.2) is 54.7 Å². The van der Waals surface area contributed by atoms with Crippen molar-refractivity contribution in [3.05, 3.63) is 71.0 Å². The summed E-state index contributed by atoms with van der Waals surface area (Å²) < 4.78 is 6.77. The average Bonchev–Trinajstić information content (AvgIpc) is 3.09. The first-order valence-electron chi connectivity index (χ1n) is 7.25. The molecule has 1 amide bonds. The summed E-state index contributed by atoms with van der Waals surface area (Å²) in [6.45, 7) is 0.289. The predicted octanol–water partition coefficient (Wildman–Crippen LogP) is 2.86. The van der Waals surface area contributed by atoms with Gasteiger partial charge in [-0.2, -0.15) is 0 Å². The second-order valence-electron chi connectivity index (χ2n) is 5.04. The molecule has 0 unspecified atom stereocenters. The van der Waals surface area contributed by atoms with Gasteiger partial charge in [0.2, 0.25) is 0 Å². The highest BCUT2D eigenvalue weighted by molar-refractivity contribution is 6.30. The molecule has 7 heteroatoms. The quantitative estimate of drug-likeness (QED) is 0.774. The van der Waals surface area contributed by atoms with Crippen molar-refractivity contribution in [1.29, 1.82) is 0 Å². The van der Waals surface area contributed by atoms with Gasteiger partial charge >= 0.3 is 0 Å². The van der Waals surface area contributed by atoms with Gasteiger partial charge in [-0.25, -0.2) is 4.68 Å². The minimum atomic E-state index is -0.189. The van der Waals surface area contributed by atoms with Crippen molar-refractivity contribution in [2.24, 2.45) is 0 Å². The fourth-order valence-electron chi connectivity index (χ4n) is 2.11. The number of hydrogen-bond acceptors (Lipinski definition) is 4. The van der Waals surface area contributed by atoms with Crippen LogP contribution in [0.2, 0.25) is 5.02 Å². The molecule has 2 aromatic carbocycles. The Morgan fingerprint density at radius 3 is 2.54 bits per heavy atom. The van der Waals surface area contributed by atoms with E-state index in [0.717, 1.165) is 11.4 Å². The van der Waals surface area contributed by atoms with Crippen LogP contribution in [0.4, 0.5) is 0 Å². The topological polar surface area (TPSA) is 69.0 Å². The Balaban J connectivity index is 1.63. The Bertz CT molecular complexity index is 829. The summed E-state index contributed by atoms with van der Waals surface area (Å²) in [6, 6.07) is 14.1. The molecule has 0 atom stereocenters. The van der Waals surface area contributed by atoms with Crippen LogP contribution in [0.3, 0.4) is 0 Å². The van der Waals surface area contributed by atoms with Crippen molar-refractivity contribution in [2.75, 3.05) is 7.11 Å². The van der Waals surface area contributed by atoms with Gasteiger partial charge in [-0.1, -0.05) is 16.8 Å². The van der Waals surface area contributed by atoms with Crippen molar-refractivity contribution in [1.82, 2.24) is 20.3 Å². The number of methoxy groups -OCH3 is 1. The van der Waals surface area contributed by atoms with Crippen LogP contribution in [-0.2, 0) is 6.54 Å². The molecule has 122 valence electrons. The highest BCUT2D eigenvalue weighted by atomic mass is 35.5. The van der Waals surface area contributed by atoms with Gasteiger partial charge in [-0.3, -0.25) is 4.79 Å². The normalized spacial score (nSPS) is 10.4. The number of hydrogen-bond donors (Lipinski definition) is 1. The molecule has 0 saturated heterocycles. The number of nitrogens with zero attached hydrogens (tertiary/aromatic N) is 3. The number of rotatable bonds is 5. The second kappa shape index (κ2) is 7.14. The summed E-state index contributed by atoms with van der Waals surface area (Å²) in [5.41, 5.74) is 2.06. The van der Waals surface area contributed by atoms with Gasteiger partial charge in [0.05, 0.1) is 25.5 Å². The number of nitrogens with one attached hydrogen (secondary N) is 1. The first kappa shape index (κ1) is 16.0. The Labute approximate surface area is 144 Å². The van der Waals surface area contributed by atoms with Crippen LogP contribution in [0, 0.1) is 0 Å². The minimum absolute atomic E-state index is 0.189. The molecular formula is C17H15ClN4O2. The molecule has 3 rings (SSSR count). The second-order valence-corrected chi connectivity index (χ2v) is 5.48. The first-order valence-corrected chi connectivity index (χ1v) is 7.63. The van der Waals surface area contributed by atoms with Gasteiger partial charge in [-0.05, 0) is 48.5 Å². The zero-order valence-electron chi connectivity index (χ0n) is 12.9. The van der Waals surface area contributed by atoms with E-state index in [0.29, 0.717) is 16.3 Å². The third-order valence-corrected chi connectivity index (χ3v) is 3.67. The molecule has 0 saturated carbocycles. The van der Waals surface area contributed by atoms with Crippen LogP contribution >= 0.6 is 11.6 Å². The van der Waals surface area contributed by atoms with Gasteiger partial charge in [0.25, 0.3) is 5.91 Å². The Kier molecular flexibility index (Phi) is 4.77. The van der Waals surface area contributed by atoms with E-state index in [1.54, 1.807) is 42.3 Å². The van der Waals surface area contributed by atoms with Gasteiger partial charge in [0, 0.05) is 10.6 Å². The van der Waals surface area contributed by atoms with E-state index in [4.69, 9.17) is 16.3 Å². The van der Waals surface area contributed by atoms with E-state index in [9.17, 15) is 4.79 Å². The van der Waals surface area contributed by atoms with Gasteiger partial charge in [-0.15, -0.1) is 5.10 Å². The van der Waals surface area contributed by atoms with E-state index >= 15 is 0 Å². The van der Waals surface area contributed by atoms with Crippen LogP contribution in [0.1, 0.15) is 16.1 Å². The Morgan fingerprint density at radius 1 is 1.17 bits per heavy atom. The lowest BCUT2D eigenvalue weighted by Gasteiger charge is -2.03. The molecule has 0 bridgehead atoms. The lowest BCUT2D eigenvalue weighted by atomic mass is 10.2. The van der Waals surface area contributed by atoms with Crippen LogP contribution < -0.4 is 10.1 Å². The first-order chi connectivity index (χ1) is 11.7. The molecular weight excluding hydrogens is 328 g/mol. The summed E-state index contributed by atoms with van der Waals surface area (Å²) in [5.74, 6) is 0.583. The van der Waals surface area contributed by atoms with Crippen LogP contribution in [-0.4, -0.2) is 28.0 Å². The van der Waals surface area contributed by atoms with Crippen molar-refractivity contribution < 1.29 is 9.53 Å². The number of carbonyl (C=O) groups is 1. The standard InChI is InChI=1S/C17H15ClN4O2/c1-24-16-8-6-15(7-9-16)22-11-14(20-21-22)10-19-17(23)12-2-4-13(18)5-3-12/h2-9,11H,10H2,1H3,(H,19,23). The monoisotopic (exact) mass is 342 g/mol. The number of aromatic nitrogens is 3. The lowest BCUT2D eigenvalue weighted by molar-refractivity contribution is 0.0950. The van der Waals surface area contributed by atoms with Crippen LogP contribution in [0.5, 0.6) is 5.75 Å². The van der Waals surface area contributed by atoms with E-state index in [1.807, 2.05) is 24.3 Å². The van der Waals surface area contributed by atoms with Crippen molar-refractivity contribution in [2.45, 2.75) is 6.54 Å². The molecule has 0 aliphatic carbocycles. The predicted molar refractivity (Wildman–Crippen MR) is 90.5 cm³/mol. The molecule has 0 fully saturated rings. The van der Waals surface area contributed by atoms with E-state index in [1.165, 1.54) is 0 Å². The molecule has 1 N–H and O–H groups in total. The molecule has 1 aromatic heterocycles. The van der Waals surface area contributed by atoms with Crippen molar-refractivity contribution in [3.63, 3.8) is 0 Å². The Morgan fingerprint density at radius 2 is 1.88 bits per heavy atom. The fraction of sp³-hybridized carbons (Fsp3) is 0.118. The summed E-state index contributed by atoms with van der Waals surface area (Å²) >= 11 is 5.81. The summed E-state index contributed by atoms with van der Waals surface area (Å²) in [6.07, 6.45) is 1.77. The van der Waals surface area contributed by atoms with Gasteiger partial charge in [0.15, 0.2) is 0 Å². The van der Waals surface area contributed by atoms with Gasteiger partial charge < -0.3 is 10.1 Å². The molecule has 6 nitrogen and oxygen atoms in total. The zero-order chi connectivity index (χ0) is 16.9. The largest absolute Gasteiger partial charge is 0.497 e. The SMILES string of the molecule is COc1ccc(-n2cc(CNC(=O)c3ccc(Cl)cc3)nn2)cc1. The highest BCUT2D eigenvalue weighted by Gasteiger charge is 2.08. The molecule has 24 heavy (non-hydrogen) atoms. The molecule has 0 spiro atoms. The van der Waals surface area contributed by atoms with E-state index < -0.39 is 0 Å². The number of carbonyl (C=O) groups excluding carboxylic acids is 1. The smallest absolute Gasteiger partial charge is 0.251 e. The number of amides is 1. The number of benzene rings is 2. The molecule has 0 aliphatic rings. The van der Waals surface area contributed by atoms with Crippen molar-refractivity contribution >= 4 is 17.5 Å². The average molecular weight is 343 g/mol. The zero-order valence-corrected chi connectivity index (χ0v) is 13.7. The third-order valence-electron chi connectivity index (χ3n) is 3.41. The maximum absolute atomic E-state index is 12.1. The number of ether oxygens (including phenoxy) is 1. The molecule has 1 heterocycles. The van der Waals surface area contributed by atoms with Crippen LogP contribution in [0.25, 0.3) is 5.69 Å². The molecule has 0 radical (unpaired) electrons. The maximum atomic E-state index is 12.1. The summed E-state index contributed by atoms with van der Waals surface area (Å²) in [4.78, 5) is 12.1.